The SMILES string of the molecule is CC1C(=O)CSN1O. The largest absolute Gasteiger partial charge is 0.303 e. The Morgan fingerprint density at radius 3 is 2.75 bits per heavy atom. The van der Waals surface area contributed by atoms with Crippen molar-refractivity contribution in [1.82, 2.24) is 4.47 Å². The van der Waals surface area contributed by atoms with Gasteiger partial charge in [0.1, 0.15) is 6.04 Å². The molecule has 1 rings (SSSR count). The lowest BCUT2D eigenvalue weighted by Crippen LogP contribution is -2.23. The van der Waals surface area contributed by atoms with Gasteiger partial charge in [0.2, 0.25) is 0 Å². The summed E-state index contributed by atoms with van der Waals surface area (Å²) >= 11 is 1.15. The van der Waals surface area contributed by atoms with Gasteiger partial charge in [-0.1, -0.05) is 0 Å². The molecule has 8 heavy (non-hydrogen) atoms. The monoisotopic (exact) mass is 133 g/mol. The van der Waals surface area contributed by atoms with Crippen LogP contribution in [-0.4, -0.2) is 27.3 Å². The van der Waals surface area contributed by atoms with Crippen LogP contribution >= 0.6 is 11.9 Å². The number of hydrogen-bond donors (Lipinski definition) is 1. The Kier molecular flexibility index (Phi) is 1.55. The minimum atomic E-state index is -0.306. The zero-order valence-corrected chi connectivity index (χ0v) is 5.31. The van der Waals surface area contributed by atoms with Gasteiger partial charge in [-0.25, -0.2) is 0 Å². The minimum absolute atomic E-state index is 0.0949. The molecule has 0 aromatic carbocycles. The summed E-state index contributed by atoms with van der Waals surface area (Å²) in [6.07, 6.45) is 0. The van der Waals surface area contributed by atoms with E-state index >= 15 is 0 Å². The predicted octanol–water partition coefficient (Wildman–Crippen LogP) is 0.297. The number of hydroxylamine groups is 1. The zero-order valence-electron chi connectivity index (χ0n) is 4.50. The van der Waals surface area contributed by atoms with Crippen LogP contribution in [0.1, 0.15) is 6.92 Å². The Morgan fingerprint density at radius 2 is 2.62 bits per heavy atom. The normalized spacial score (nSPS) is 31.8. The van der Waals surface area contributed by atoms with Gasteiger partial charge in [0, 0.05) is 0 Å². The second-order valence-corrected chi connectivity index (χ2v) is 2.64. The van der Waals surface area contributed by atoms with E-state index in [2.05, 4.69) is 0 Å². The van der Waals surface area contributed by atoms with E-state index in [-0.39, 0.29) is 11.8 Å². The first-order valence-corrected chi connectivity index (χ1v) is 3.30. The highest BCUT2D eigenvalue weighted by molar-refractivity contribution is 7.98. The second kappa shape index (κ2) is 2.05. The fourth-order valence-electron chi connectivity index (χ4n) is 0.485. The topological polar surface area (TPSA) is 40.5 Å². The third-order valence-corrected chi connectivity index (χ3v) is 2.13. The fourth-order valence-corrected chi connectivity index (χ4v) is 1.33. The molecule has 46 valence electrons. The van der Waals surface area contributed by atoms with Gasteiger partial charge in [-0.15, -0.1) is 4.47 Å². The second-order valence-electron chi connectivity index (χ2n) is 1.72. The zero-order chi connectivity index (χ0) is 6.15. The summed E-state index contributed by atoms with van der Waals surface area (Å²) < 4.78 is 0.988. The maximum atomic E-state index is 10.6. The van der Waals surface area contributed by atoms with E-state index in [9.17, 15) is 4.79 Å². The van der Waals surface area contributed by atoms with Crippen LogP contribution in [-0.2, 0) is 4.79 Å². The van der Waals surface area contributed by atoms with Crippen LogP contribution in [0.3, 0.4) is 0 Å². The first-order chi connectivity index (χ1) is 3.72. The Bertz CT molecular complexity index is 117. The highest BCUT2D eigenvalue weighted by Crippen LogP contribution is 2.19. The Hall–Kier alpha value is -0.0600. The van der Waals surface area contributed by atoms with Crippen LogP contribution in [0.4, 0.5) is 0 Å². The van der Waals surface area contributed by atoms with Gasteiger partial charge in [-0.3, -0.25) is 4.79 Å². The van der Waals surface area contributed by atoms with E-state index in [4.69, 9.17) is 5.21 Å². The van der Waals surface area contributed by atoms with Crippen LogP contribution in [0.2, 0.25) is 0 Å². The van der Waals surface area contributed by atoms with E-state index in [0.29, 0.717) is 5.75 Å². The number of Topliss-reactive ketones (excluding diaryl/α,β-unsaturated/α-hetero) is 1. The van der Waals surface area contributed by atoms with Crippen molar-refractivity contribution in [3.8, 4) is 0 Å². The molecule has 4 heteroatoms. The van der Waals surface area contributed by atoms with Gasteiger partial charge in [0.15, 0.2) is 5.78 Å². The average Bonchev–Trinajstić information content (AvgIpc) is 1.98. The molecule has 0 aromatic heterocycles. The van der Waals surface area contributed by atoms with Crippen LogP contribution in [0.15, 0.2) is 0 Å². The lowest BCUT2D eigenvalue weighted by molar-refractivity contribution is -0.124. The standard InChI is InChI=1S/C4H7NO2S/c1-3-4(6)2-8-5(3)7/h3,7H,2H2,1H3. The van der Waals surface area contributed by atoms with Crippen molar-refractivity contribution in [2.24, 2.45) is 0 Å². The maximum absolute atomic E-state index is 10.6. The smallest absolute Gasteiger partial charge is 0.164 e. The summed E-state index contributed by atoms with van der Waals surface area (Å²) in [6.45, 7) is 1.68. The Morgan fingerprint density at radius 1 is 2.00 bits per heavy atom. The molecule has 0 saturated carbocycles. The first kappa shape index (κ1) is 6.07. The minimum Gasteiger partial charge on any atom is -0.303 e. The van der Waals surface area contributed by atoms with Gasteiger partial charge in [0.05, 0.1) is 5.75 Å². The van der Waals surface area contributed by atoms with Gasteiger partial charge >= 0.3 is 0 Å². The third-order valence-electron chi connectivity index (χ3n) is 1.14. The summed E-state index contributed by atoms with van der Waals surface area (Å²) in [5.41, 5.74) is 0. The summed E-state index contributed by atoms with van der Waals surface area (Å²) in [5.74, 6) is 0.509. The van der Waals surface area contributed by atoms with Crippen molar-refractivity contribution < 1.29 is 10.0 Å². The summed E-state index contributed by atoms with van der Waals surface area (Å²) in [6, 6.07) is -0.306. The maximum Gasteiger partial charge on any atom is 0.164 e. The summed E-state index contributed by atoms with van der Waals surface area (Å²) in [4.78, 5) is 10.6. The van der Waals surface area contributed by atoms with Crippen molar-refractivity contribution in [2.75, 3.05) is 5.75 Å². The molecule has 1 N–H and O–H groups in total. The van der Waals surface area contributed by atoms with E-state index in [0.717, 1.165) is 16.4 Å². The van der Waals surface area contributed by atoms with Crippen LogP contribution in [0.5, 0.6) is 0 Å². The lowest BCUT2D eigenvalue weighted by atomic mass is 10.3. The van der Waals surface area contributed by atoms with E-state index in [1.807, 2.05) is 0 Å². The molecule has 1 saturated heterocycles. The lowest BCUT2D eigenvalue weighted by Gasteiger charge is -2.06. The molecule has 0 aliphatic carbocycles. The van der Waals surface area contributed by atoms with Crippen molar-refractivity contribution in [2.45, 2.75) is 13.0 Å². The third kappa shape index (κ3) is 0.866. The molecule has 1 aliphatic heterocycles. The number of carbonyl (C=O) groups excluding carboxylic acids is 1. The molecule has 0 radical (unpaired) electrons. The van der Waals surface area contributed by atoms with Crippen molar-refractivity contribution in [3.05, 3.63) is 0 Å². The fraction of sp³-hybridized carbons (Fsp3) is 0.750. The van der Waals surface area contributed by atoms with Crippen molar-refractivity contribution in [3.63, 3.8) is 0 Å². The molecule has 1 fully saturated rings. The van der Waals surface area contributed by atoms with Crippen LogP contribution in [0, 0.1) is 0 Å². The van der Waals surface area contributed by atoms with Gasteiger partial charge in [-0.05, 0) is 18.9 Å². The number of carbonyl (C=O) groups is 1. The summed E-state index contributed by atoms with van der Waals surface area (Å²) in [5, 5.41) is 8.74. The number of ketones is 1. The molecule has 1 heterocycles. The predicted molar refractivity (Wildman–Crippen MR) is 30.6 cm³/mol. The first-order valence-electron chi connectivity index (χ1n) is 2.35. The van der Waals surface area contributed by atoms with Crippen LogP contribution < -0.4 is 0 Å². The molecular formula is C4H7NO2S. The molecule has 1 aliphatic rings. The van der Waals surface area contributed by atoms with E-state index in [1.54, 1.807) is 6.92 Å². The number of rotatable bonds is 0. The molecule has 3 nitrogen and oxygen atoms in total. The quantitative estimate of drug-likeness (QED) is 0.482. The Labute approximate surface area is 51.8 Å². The molecule has 0 aromatic rings. The van der Waals surface area contributed by atoms with Gasteiger partial charge in [-0.2, -0.15) is 0 Å². The number of nitrogens with zero attached hydrogens (tertiary/aromatic N) is 1. The molecule has 1 atom stereocenters. The highest BCUT2D eigenvalue weighted by Gasteiger charge is 2.27. The van der Waals surface area contributed by atoms with E-state index < -0.39 is 0 Å². The molecule has 0 spiro atoms. The molecular weight excluding hydrogens is 126 g/mol. The number of hydrogen-bond acceptors (Lipinski definition) is 4. The van der Waals surface area contributed by atoms with E-state index in [1.165, 1.54) is 0 Å². The molecule has 0 amide bonds. The Balaban J connectivity index is 2.56. The highest BCUT2D eigenvalue weighted by atomic mass is 32.2. The summed E-state index contributed by atoms with van der Waals surface area (Å²) in [7, 11) is 0. The average molecular weight is 133 g/mol. The van der Waals surface area contributed by atoms with Gasteiger partial charge in [0.25, 0.3) is 0 Å². The van der Waals surface area contributed by atoms with Crippen molar-refractivity contribution >= 4 is 17.7 Å². The molecule has 1 unspecified atom stereocenters. The molecule has 0 bridgehead atoms. The van der Waals surface area contributed by atoms with Crippen molar-refractivity contribution in [1.29, 1.82) is 0 Å². The van der Waals surface area contributed by atoms with Gasteiger partial charge < -0.3 is 5.21 Å². The van der Waals surface area contributed by atoms with Crippen LogP contribution in [0.25, 0.3) is 0 Å².